The van der Waals surface area contributed by atoms with E-state index in [0.717, 1.165) is 6.42 Å². The molecule has 0 aliphatic carbocycles. The van der Waals surface area contributed by atoms with Crippen molar-refractivity contribution in [1.29, 1.82) is 0 Å². The molecule has 0 amide bonds. The molecule has 0 saturated carbocycles. The quantitative estimate of drug-likeness (QED) is 0.0688. The lowest BCUT2D eigenvalue weighted by Crippen LogP contribution is -2.27. The van der Waals surface area contributed by atoms with E-state index in [2.05, 4.69) is 18.7 Å². The van der Waals surface area contributed by atoms with Crippen molar-refractivity contribution in [3.8, 4) is 0 Å². The van der Waals surface area contributed by atoms with Crippen LogP contribution in [-0.2, 0) is 0 Å². The monoisotopic (exact) mass is 622 g/mol. The van der Waals surface area contributed by atoms with E-state index in [0.29, 0.717) is 6.61 Å². The fourth-order valence-electron chi connectivity index (χ4n) is 6.90. The Hall–Kier alpha value is -0.0800. The first kappa shape index (κ1) is 43.9. The van der Waals surface area contributed by atoms with Crippen LogP contribution in [0.15, 0.2) is 0 Å². The summed E-state index contributed by atoms with van der Waals surface area (Å²) in [6.45, 7) is 9.02. The molecule has 2 heteroatoms. The molecular formula is C42H87NO. The van der Waals surface area contributed by atoms with Crippen molar-refractivity contribution in [1.82, 2.24) is 4.90 Å². The number of unbranched alkanes of at least 4 members (excludes halogenated alkanes) is 33. The molecule has 0 rings (SSSR count). The Morgan fingerprint density at radius 1 is 0.250 bits per heavy atom. The number of aliphatic hydroxyl groups is 1. The predicted molar refractivity (Wildman–Crippen MR) is 201 cm³/mol. The van der Waals surface area contributed by atoms with Crippen LogP contribution in [0, 0.1) is 0 Å². The molecule has 0 aromatic carbocycles. The highest BCUT2D eigenvalue weighted by molar-refractivity contribution is 4.61. The van der Waals surface area contributed by atoms with Crippen LogP contribution in [0.4, 0.5) is 0 Å². The van der Waals surface area contributed by atoms with Gasteiger partial charge in [0.2, 0.25) is 0 Å². The number of hydrogen-bond acceptors (Lipinski definition) is 2. The molecule has 0 heterocycles. The molecule has 0 aromatic heterocycles. The molecule has 0 aromatic rings. The van der Waals surface area contributed by atoms with Crippen LogP contribution < -0.4 is 0 Å². The maximum atomic E-state index is 8.94. The van der Waals surface area contributed by atoms with E-state index in [1.165, 1.54) is 244 Å². The number of rotatable bonds is 40. The minimum absolute atomic E-state index is 0.369. The summed E-state index contributed by atoms with van der Waals surface area (Å²) in [6.07, 6.45) is 51.2. The summed E-state index contributed by atoms with van der Waals surface area (Å²) in [4.78, 5) is 2.84. The first-order chi connectivity index (χ1) is 21.8. The van der Waals surface area contributed by atoms with Gasteiger partial charge in [0.1, 0.15) is 0 Å². The third kappa shape index (κ3) is 38.1. The Morgan fingerprint density at radius 3 is 0.636 bits per heavy atom. The van der Waals surface area contributed by atoms with Crippen LogP contribution in [0.2, 0.25) is 0 Å². The maximum absolute atomic E-state index is 8.94. The molecule has 0 aliphatic heterocycles. The van der Waals surface area contributed by atoms with Crippen molar-refractivity contribution in [2.75, 3.05) is 26.2 Å². The Labute approximate surface area is 280 Å². The molecule has 0 saturated heterocycles. The third-order valence-electron chi connectivity index (χ3n) is 10.0. The standard InChI is InChI=1S/C42H87NO/c1-3-5-7-9-11-13-15-17-19-21-23-27-31-35-39-43(41-37-33-29-25-26-30-34-38-42-44)40-36-32-28-24-22-20-18-16-14-12-10-8-6-4-2/h44H,3-42H2,1-2H3. The van der Waals surface area contributed by atoms with Gasteiger partial charge in [-0.1, -0.05) is 219 Å². The maximum Gasteiger partial charge on any atom is 0.0431 e. The van der Waals surface area contributed by atoms with Gasteiger partial charge >= 0.3 is 0 Å². The third-order valence-corrected chi connectivity index (χ3v) is 10.0. The van der Waals surface area contributed by atoms with Gasteiger partial charge in [0.05, 0.1) is 0 Å². The second-order valence-corrected chi connectivity index (χ2v) is 14.6. The molecule has 0 bridgehead atoms. The lowest BCUT2D eigenvalue weighted by atomic mass is 10.0. The van der Waals surface area contributed by atoms with Gasteiger partial charge in [0, 0.05) is 6.61 Å². The Bertz CT molecular complexity index is 448. The van der Waals surface area contributed by atoms with Gasteiger partial charge in [0.25, 0.3) is 0 Å². The summed E-state index contributed by atoms with van der Waals surface area (Å²) < 4.78 is 0. The smallest absolute Gasteiger partial charge is 0.0431 e. The Balaban J connectivity index is 3.85. The minimum Gasteiger partial charge on any atom is -0.396 e. The molecule has 266 valence electrons. The molecule has 0 unspecified atom stereocenters. The number of hydrogen-bond donors (Lipinski definition) is 1. The number of nitrogens with zero attached hydrogens (tertiary/aromatic N) is 1. The van der Waals surface area contributed by atoms with Crippen LogP contribution in [0.1, 0.15) is 245 Å². The van der Waals surface area contributed by atoms with Crippen LogP contribution in [0.25, 0.3) is 0 Å². The summed E-state index contributed by atoms with van der Waals surface area (Å²) in [7, 11) is 0. The van der Waals surface area contributed by atoms with Crippen LogP contribution >= 0.6 is 0 Å². The van der Waals surface area contributed by atoms with Gasteiger partial charge in [-0.2, -0.15) is 0 Å². The molecule has 0 fully saturated rings. The highest BCUT2D eigenvalue weighted by Gasteiger charge is 2.05. The fourth-order valence-corrected chi connectivity index (χ4v) is 6.90. The Kier molecular flexibility index (Phi) is 40.9. The van der Waals surface area contributed by atoms with Crippen molar-refractivity contribution in [2.45, 2.75) is 245 Å². The summed E-state index contributed by atoms with van der Waals surface area (Å²) in [5.41, 5.74) is 0. The van der Waals surface area contributed by atoms with Crippen molar-refractivity contribution in [2.24, 2.45) is 0 Å². The van der Waals surface area contributed by atoms with Gasteiger partial charge in [-0.15, -0.1) is 0 Å². The van der Waals surface area contributed by atoms with Crippen molar-refractivity contribution in [3.63, 3.8) is 0 Å². The van der Waals surface area contributed by atoms with E-state index in [4.69, 9.17) is 5.11 Å². The first-order valence-corrected chi connectivity index (χ1v) is 21.2. The van der Waals surface area contributed by atoms with Gasteiger partial charge < -0.3 is 10.0 Å². The van der Waals surface area contributed by atoms with Crippen molar-refractivity contribution < 1.29 is 5.11 Å². The van der Waals surface area contributed by atoms with E-state index in [1.807, 2.05) is 0 Å². The van der Waals surface area contributed by atoms with E-state index in [1.54, 1.807) is 0 Å². The van der Waals surface area contributed by atoms with E-state index in [-0.39, 0.29) is 0 Å². The molecule has 2 nitrogen and oxygen atoms in total. The second-order valence-electron chi connectivity index (χ2n) is 14.6. The number of aliphatic hydroxyl groups excluding tert-OH is 1. The molecule has 1 N–H and O–H groups in total. The highest BCUT2D eigenvalue weighted by atomic mass is 16.2. The molecule has 44 heavy (non-hydrogen) atoms. The average molecular weight is 622 g/mol. The normalized spacial score (nSPS) is 11.7. The first-order valence-electron chi connectivity index (χ1n) is 21.2. The van der Waals surface area contributed by atoms with Gasteiger partial charge in [-0.3, -0.25) is 0 Å². The fraction of sp³-hybridized carbons (Fsp3) is 1.00. The predicted octanol–water partition coefficient (Wildman–Crippen LogP) is 14.4. The van der Waals surface area contributed by atoms with Gasteiger partial charge in [-0.05, 0) is 45.3 Å². The van der Waals surface area contributed by atoms with Gasteiger partial charge in [-0.25, -0.2) is 0 Å². The minimum atomic E-state index is 0.369. The highest BCUT2D eigenvalue weighted by Crippen LogP contribution is 2.16. The van der Waals surface area contributed by atoms with E-state index >= 15 is 0 Å². The molecule has 0 radical (unpaired) electrons. The summed E-state index contributed by atoms with van der Waals surface area (Å²) in [5, 5.41) is 8.94. The zero-order chi connectivity index (χ0) is 31.9. The summed E-state index contributed by atoms with van der Waals surface area (Å²) >= 11 is 0. The molecule has 0 atom stereocenters. The van der Waals surface area contributed by atoms with Crippen LogP contribution in [0.5, 0.6) is 0 Å². The van der Waals surface area contributed by atoms with Gasteiger partial charge in [0.15, 0.2) is 0 Å². The molecule has 0 aliphatic rings. The molecule has 0 spiro atoms. The summed E-state index contributed by atoms with van der Waals surface area (Å²) in [5.74, 6) is 0. The largest absolute Gasteiger partial charge is 0.396 e. The zero-order valence-corrected chi connectivity index (χ0v) is 31.2. The van der Waals surface area contributed by atoms with E-state index < -0.39 is 0 Å². The molecular weight excluding hydrogens is 534 g/mol. The summed E-state index contributed by atoms with van der Waals surface area (Å²) in [6, 6.07) is 0. The van der Waals surface area contributed by atoms with Crippen LogP contribution in [0.3, 0.4) is 0 Å². The zero-order valence-electron chi connectivity index (χ0n) is 31.2. The van der Waals surface area contributed by atoms with Crippen LogP contribution in [-0.4, -0.2) is 36.2 Å². The topological polar surface area (TPSA) is 23.5 Å². The SMILES string of the molecule is CCCCCCCCCCCCCCCCN(CCCCCCCCCCO)CCCCCCCCCCCCCCCC. The van der Waals surface area contributed by atoms with E-state index in [9.17, 15) is 0 Å². The average Bonchev–Trinajstić information content (AvgIpc) is 3.03. The van der Waals surface area contributed by atoms with Crippen molar-refractivity contribution >= 4 is 0 Å². The lowest BCUT2D eigenvalue weighted by molar-refractivity contribution is 0.254. The Morgan fingerprint density at radius 2 is 0.432 bits per heavy atom. The van der Waals surface area contributed by atoms with Crippen molar-refractivity contribution in [3.05, 3.63) is 0 Å². The lowest BCUT2D eigenvalue weighted by Gasteiger charge is -2.22. The second kappa shape index (κ2) is 40.9.